The van der Waals surface area contributed by atoms with Gasteiger partial charge in [-0.05, 0) is 54.2 Å². The van der Waals surface area contributed by atoms with Crippen LogP contribution in [0.2, 0.25) is 0 Å². The molecule has 3 aliphatic heterocycles. The number of hydrogen-bond donors (Lipinski definition) is 2. The summed E-state index contributed by atoms with van der Waals surface area (Å²) < 4.78 is 52.6. The van der Waals surface area contributed by atoms with E-state index in [1.807, 2.05) is 65.0 Å². The lowest BCUT2D eigenvalue weighted by Crippen LogP contribution is -2.61. The minimum atomic E-state index is -4.25. The van der Waals surface area contributed by atoms with Gasteiger partial charge in [0.15, 0.2) is 17.8 Å². The monoisotopic (exact) mass is 744 g/mol. The van der Waals surface area contributed by atoms with Crippen LogP contribution in [0.1, 0.15) is 72.3 Å². The van der Waals surface area contributed by atoms with E-state index in [1.54, 1.807) is 6.07 Å². The Balaban J connectivity index is 1.39. The van der Waals surface area contributed by atoms with E-state index in [-0.39, 0.29) is 55.0 Å². The van der Waals surface area contributed by atoms with Gasteiger partial charge in [-0.1, -0.05) is 71.4 Å². The molecule has 0 unspecified atom stereocenters. The second kappa shape index (κ2) is 16.7. The number of carbonyl (C=O) groups is 2. The van der Waals surface area contributed by atoms with Gasteiger partial charge in [0.25, 0.3) is 0 Å². The normalized spacial score (nSPS) is 21.2. The molecule has 0 aliphatic carbocycles. The molecule has 0 spiro atoms. The number of sulfonamides is 1. The van der Waals surface area contributed by atoms with Crippen molar-refractivity contribution in [2.75, 3.05) is 39.6 Å². The molecule has 14 heteroatoms. The second-order valence-electron chi connectivity index (χ2n) is 16.1. The number of hydrogen-bond acceptors (Lipinski definition) is 10. The molecule has 0 aromatic heterocycles. The van der Waals surface area contributed by atoms with Crippen LogP contribution < -0.4 is 19.9 Å². The van der Waals surface area contributed by atoms with Gasteiger partial charge in [0.05, 0.1) is 36.3 Å². The Morgan fingerprint density at radius 3 is 2.46 bits per heavy atom. The summed E-state index contributed by atoms with van der Waals surface area (Å²) >= 11 is 0. The molecule has 5 rings (SSSR count). The highest BCUT2D eigenvalue weighted by Gasteiger charge is 2.47. The average molecular weight is 745 g/mol. The van der Waals surface area contributed by atoms with Crippen molar-refractivity contribution in [2.45, 2.75) is 103 Å². The van der Waals surface area contributed by atoms with Gasteiger partial charge >= 0.3 is 0 Å². The fourth-order valence-electron chi connectivity index (χ4n) is 7.34. The molecule has 2 saturated heterocycles. The highest BCUT2D eigenvalue weighted by atomic mass is 32.2. The van der Waals surface area contributed by atoms with Crippen molar-refractivity contribution >= 4 is 22.0 Å². The summed E-state index contributed by atoms with van der Waals surface area (Å²) in [5.74, 6) is 0.488. The molecule has 2 aromatic carbocycles. The summed E-state index contributed by atoms with van der Waals surface area (Å²) in [6.45, 7) is 10.6. The number of carbonyl (C=O) groups excluding carboxylic acids is 2. The van der Waals surface area contributed by atoms with Crippen LogP contribution in [-0.2, 0) is 30.7 Å². The van der Waals surface area contributed by atoms with Gasteiger partial charge in [-0.25, -0.2) is 8.42 Å². The Labute approximate surface area is 307 Å². The first-order valence-corrected chi connectivity index (χ1v) is 19.6. The van der Waals surface area contributed by atoms with Gasteiger partial charge in [-0.15, -0.1) is 0 Å². The van der Waals surface area contributed by atoms with E-state index >= 15 is 0 Å². The van der Waals surface area contributed by atoms with Crippen LogP contribution in [-0.4, -0.2) is 98.8 Å². The third-order valence-corrected chi connectivity index (χ3v) is 11.7. The molecular weight excluding hydrogens is 690 g/mol. The number of benzene rings is 2. The zero-order chi connectivity index (χ0) is 37.7. The van der Waals surface area contributed by atoms with Gasteiger partial charge in [0.2, 0.25) is 22.7 Å². The maximum absolute atomic E-state index is 14.5. The predicted molar refractivity (Wildman–Crippen MR) is 191 cm³/mol. The van der Waals surface area contributed by atoms with Gasteiger partial charge in [-0.2, -0.15) is 4.31 Å². The van der Waals surface area contributed by atoms with E-state index in [2.05, 4.69) is 5.32 Å². The van der Waals surface area contributed by atoms with Crippen molar-refractivity contribution in [3.8, 4) is 11.5 Å². The zero-order valence-electron chi connectivity index (χ0n) is 30.9. The number of amides is 2. The van der Waals surface area contributed by atoms with Crippen LogP contribution in [0.25, 0.3) is 0 Å². The summed E-state index contributed by atoms with van der Waals surface area (Å²) in [4.78, 5) is 26.4. The third-order valence-electron chi connectivity index (χ3n) is 9.94. The Hall–Kier alpha value is -3.43. The molecule has 52 heavy (non-hydrogen) atoms. The Bertz CT molecular complexity index is 1630. The van der Waals surface area contributed by atoms with E-state index in [0.717, 1.165) is 16.9 Å². The van der Waals surface area contributed by atoms with Gasteiger partial charge in [0, 0.05) is 38.0 Å². The van der Waals surface area contributed by atoms with Crippen molar-refractivity contribution < 1.29 is 47.2 Å². The van der Waals surface area contributed by atoms with Crippen LogP contribution in [0, 0.1) is 16.7 Å². The minimum Gasteiger partial charge on any atom is -0.530 e. The first-order chi connectivity index (χ1) is 24.5. The fraction of sp³-hybridized carbons (Fsp3) is 0.632. The molecule has 2 amide bonds. The van der Waals surface area contributed by atoms with Crippen LogP contribution in [0.15, 0.2) is 53.4 Å². The number of rotatable bonds is 17. The maximum atomic E-state index is 14.5. The molecule has 0 saturated carbocycles. The minimum absolute atomic E-state index is 0.00227. The molecule has 2 fully saturated rings. The molecule has 288 valence electrons. The number of aliphatic hydroxyl groups excluding tert-OH is 1. The standard InChI is InChI=1S/C38H55N3O10S/c1-37(2,3)21-34(43)39-17-10-9-16-38(4,5)24-40(52(46,47)27-13-14-32-33(20-27)51-25-50-32)22-31(42)29(19-26-11-7-6-8-12-26)41(36(44)45)30-23-49-35-28(30)15-18-48-35/h6-8,11-14,20,28-31,35,42H,9-10,15-19,21-25H2,1-5H3,(H,39,43)(H,44,45)/p-1/t28-,29-,30-,31+,35+/m0/s1. The van der Waals surface area contributed by atoms with Crippen LogP contribution in [0.4, 0.5) is 4.79 Å². The van der Waals surface area contributed by atoms with Crippen molar-refractivity contribution in [2.24, 2.45) is 16.7 Å². The second-order valence-corrected chi connectivity index (χ2v) is 18.0. The lowest BCUT2D eigenvalue weighted by molar-refractivity contribution is -0.273. The van der Waals surface area contributed by atoms with E-state index in [0.29, 0.717) is 50.3 Å². The summed E-state index contributed by atoms with van der Waals surface area (Å²) in [5.41, 5.74) is 0.103. The summed E-state index contributed by atoms with van der Waals surface area (Å²) in [6.07, 6.45) is -0.255. The quantitative estimate of drug-likeness (QED) is 0.229. The molecule has 0 radical (unpaired) electrons. The third kappa shape index (κ3) is 10.2. The molecular formula is C38H54N3O10S-. The number of nitrogens with one attached hydrogen (secondary N) is 1. The number of unbranched alkanes of at least 4 members (excludes halogenated alkanes) is 1. The molecule has 2 aromatic rings. The Morgan fingerprint density at radius 2 is 1.75 bits per heavy atom. The van der Waals surface area contributed by atoms with Crippen molar-refractivity contribution in [1.29, 1.82) is 0 Å². The number of fused-ring (bicyclic) bond motifs is 2. The van der Waals surface area contributed by atoms with Gasteiger partial charge < -0.3 is 44.2 Å². The fourth-order valence-corrected chi connectivity index (χ4v) is 9.01. The van der Waals surface area contributed by atoms with Crippen LogP contribution in [0.5, 0.6) is 11.5 Å². The molecule has 3 heterocycles. The highest BCUT2D eigenvalue weighted by molar-refractivity contribution is 7.89. The zero-order valence-corrected chi connectivity index (χ0v) is 31.7. The van der Waals surface area contributed by atoms with Crippen molar-refractivity contribution in [3.63, 3.8) is 0 Å². The van der Waals surface area contributed by atoms with E-state index in [1.165, 1.54) is 16.4 Å². The van der Waals surface area contributed by atoms with E-state index in [4.69, 9.17) is 18.9 Å². The topological polar surface area (TPSA) is 167 Å². The lowest BCUT2D eigenvalue weighted by atomic mass is 9.87. The highest BCUT2D eigenvalue weighted by Crippen LogP contribution is 2.38. The maximum Gasteiger partial charge on any atom is 0.243 e. The van der Waals surface area contributed by atoms with Crippen LogP contribution in [0.3, 0.4) is 0 Å². The number of nitrogens with zero attached hydrogens (tertiary/aromatic N) is 2. The molecule has 13 nitrogen and oxygen atoms in total. The van der Waals surface area contributed by atoms with E-state index in [9.17, 15) is 28.2 Å². The summed E-state index contributed by atoms with van der Waals surface area (Å²) in [5, 5.41) is 28.0. The average Bonchev–Trinajstić information content (AvgIpc) is 3.82. The molecule has 5 atom stereocenters. The first-order valence-electron chi connectivity index (χ1n) is 18.2. The largest absolute Gasteiger partial charge is 0.530 e. The summed E-state index contributed by atoms with van der Waals surface area (Å²) in [7, 11) is -4.25. The van der Waals surface area contributed by atoms with Crippen molar-refractivity contribution in [3.05, 3.63) is 54.1 Å². The Kier molecular flexibility index (Phi) is 12.8. The number of ether oxygens (including phenoxy) is 4. The number of carboxylic acid groups (broad SMARTS) is 1. The smallest absolute Gasteiger partial charge is 0.243 e. The van der Waals surface area contributed by atoms with Gasteiger partial charge in [-0.3, -0.25) is 4.79 Å². The lowest BCUT2D eigenvalue weighted by Gasteiger charge is -2.43. The molecule has 2 N–H and O–H groups in total. The van der Waals surface area contributed by atoms with Gasteiger partial charge in [0.1, 0.15) is 6.09 Å². The van der Waals surface area contributed by atoms with Crippen LogP contribution >= 0.6 is 0 Å². The SMILES string of the molecule is CC(C)(C)CC(=O)NCCCCC(C)(C)CN(C[C@@H](O)[C@H](Cc1ccccc1)N(C(=O)[O-])[C@H]1CO[C@H]2OCC[C@H]21)S(=O)(=O)c1ccc2c(c1)OCO2. The summed E-state index contributed by atoms with van der Waals surface area (Å²) in [6, 6.07) is 11.9. The molecule has 0 bridgehead atoms. The first kappa shape index (κ1) is 39.8. The number of aliphatic hydroxyl groups is 1. The molecule has 3 aliphatic rings. The predicted octanol–water partition coefficient (Wildman–Crippen LogP) is 3.53. The Morgan fingerprint density at radius 1 is 1.02 bits per heavy atom. The van der Waals surface area contributed by atoms with E-state index < -0.39 is 46.0 Å². The van der Waals surface area contributed by atoms with Crippen molar-refractivity contribution in [1.82, 2.24) is 14.5 Å².